The molecule has 2 aliphatic rings. The molecule has 3 aromatic rings. The third-order valence-electron chi connectivity index (χ3n) is 6.73. The van der Waals surface area contributed by atoms with Gasteiger partial charge in [0.2, 0.25) is 5.91 Å². The Hall–Kier alpha value is -3.19. The molecule has 0 spiro atoms. The number of nitrogens with zero attached hydrogens (tertiary/aromatic N) is 4. The minimum absolute atomic E-state index is 0.0949. The minimum atomic E-state index is 0.0949. The molecule has 1 saturated carbocycles. The molecule has 0 bridgehead atoms. The number of carbonyl (C=O) groups excluding carboxylic acids is 1. The number of fused-ring (bicyclic) bond motifs is 1. The zero-order chi connectivity index (χ0) is 22.9. The Balaban J connectivity index is 1.46. The van der Waals surface area contributed by atoms with Gasteiger partial charge in [0.05, 0.1) is 29.9 Å². The van der Waals surface area contributed by atoms with Crippen LogP contribution < -0.4 is 10.6 Å². The van der Waals surface area contributed by atoms with Gasteiger partial charge in [-0.3, -0.25) is 9.78 Å². The first-order valence-electron chi connectivity index (χ1n) is 11.7. The van der Waals surface area contributed by atoms with Crippen LogP contribution in [-0.4, -0.2) is 60.2 Å². The average molecular weight is 446 g/mol. The van der Waals surface area contributed by atoms with Gasteiger partial charge in [0.15, 0.2) is 5.82 Å². The smallest absolute Gasteiger partial charge is 0.225 e. The highest BCUT2D eigenvalue weighted by molar-refractivity contribution is 5.96. The van der Waals surface area contributed by atoms with Gasteiger partial charge in [-0.05, 0) is 43.5 Å². The summed E-state index contributed by atoms with van der Waals surface area (Å²) in [4.78, 5) is 26.4. The van der Waals surface area contributed by atoms with Crippen molar-refractivity contribution < 1.29 is 9.53 Å². The molecule has 0 unspecified atom stereocenters. The van der Waals surface area contributed by atoms with Crippen molar-refractivity contribution in [2.75, 3.05) is 44.0 Å². The standard InChI is InChI=1S/C26H31N5O2/c1-17-16-30(12-13-31(17)24(32)10-14-33-2)26-22(27)15-21(25(29-26)18-7-8-18)19-9-11-28-23-6-4-3-5-20(19)23/h3-6,9,11,15,17-18H,7-8,10,12-14,16,27H2,1-2H3/t17-/m1/s1. The number of nitrogens with two attached hydrogens (primary N) is 1. The van der Waals surface area contributed by atoms with Crippen LogP contribution in [0.5, 0.6) is 0 Å². The van der Waals surface area contributed by atoms with Gasteiger partial charge in [-0.15, -0.1) is 0 Å². The van der Waals surface area contributed by atoms with Crippen molar-refractivity contribution in [3.05, 3.63) is 48.3 Å². The van der Waals surface area contributed by atoms with Crippen molar-refractivity contribution in [2.24, 2.45) is 0 Å². The molecule has 2 fully saturated rings. The molecule has 1 atom stereocenters. The summed E-state index contributed by atoms with van der Waals surface area (Å²) in [7, 11) is 1.62. The molecule has 7 nitrogen and oxygen atoms in total. The maximum absolute atomic E-state index is 12.5. The lowest BCUT2D eigenvalue weighted by Gasteiger charge is -2.41. The second-order valence-corrected chi connectivity index (χ2v) is 9.11. The van der Waals surface area contributed by atoms with Crippen LogP contribution in [0.4, 0.5) is 11.5 Å². The maximum Gasteiger partial charge on any atom is 0.225 e. The lowest BCUT2D eigenvalue weighted by molar-refractivity contribution is -0.134. The number of nitrogen functional groups attached to an aromatic ring is 1. The van der Waals surface area contributed by atoms with Crippen molar-refractivity contribution in [1.29, 1.82) is 0 Å². The zero-order valence-electron chi connectivity index (χ0n) is 19.3. The topological polar surface area (TPSA) is 84.6 Å². The second-order valence-electron chi connectivity index (χ2n) is 9.11. The van der Waals surface area contributed by atoms with Crippen LogP contribution in [0.2, 0.25) is 0 Å². The molecule has 0 radical (unpaired) electrons. The summed E-state index contributed by atoms with van der Waals surface area (Å²) in [6, 6.07) is 12.5. The van der Waals surface area contributed by atoms with Crippen LogP contribution in [0.15, 0.2) is 42.6 Å². The van der Waals surface area contributed by atoms with E-state index in [9.17, 15) is 4.79 Å². The second kappa shape index (κ2) is 8.98. The predicted molar refractivity (Wildman–Crippen MR) is 131 cm³/mol. The molecule has 5 rings (SSSR count). The first-order valence-corrected chi connectivity index (χ1v) is 11.7. The lowest BCUT2D eigenvalue weighted by Crippen LogP contribution is -2.54. The summed E-state index contributed by atoms with van der Waals surface area (Å²) in [5.74, 6) is 1.46. The summed E-state index contributed by atoms with van der Waals surface area (Å²) in [5, 5.41) is 1.12. The number of aromatic nitrogens is 2. The van der Waals surface area contributed by atoms with E-state index in [0.717, 1.165) is 59.5 Å². The predicted octanol–water partition coefficient (Wildman–Crippen LogP) is 3.83. The van der Waals surface area contributed by atoms with Gasteiger partial charge in [-0.2, -0.15) is 0 Å². The minimum Gasteiger partial charge on any atom is -0.396 e. The number of hydrogen-bond acceptors (Lipinski definition) is 6. The summed E-state index contributed by atoms with van der Waals surface area (Å²) in [6.07, 6.45) is 4.59. The van der Waals surface area contributed by atoms with Crippen LogP contribution in [0, 0.1) is 0 Å². The van der Waals surface area contributed by atoms with Crippen LogP contribution in [0.3, 0.4) is 0 Å². The number of para-hydroxylation sites is 1. The van der Waals surface area contributed by atoms with Gasteiger partial charge in [-0.25, -0.2) is 4.98 Å². The fourth-order valence-electron chi connectivity index (χ4n) is 4.85. The van der Waals surface area contributed by atoms with Crippen LogP contribution >= 0.6 is 0 Å². The van der Waals surface area contributed by atoms with Crippen molar-refractivity contribution in [1.82, 2.24) is 14.9 Å². The Bertz CT molecular complexity index is 1170. The lowest BCUT2D eigenvalue weighted by atomic mass is 9.97. The molecule has 2 N–H and O–H groups in total. The Labute approximate surface area is 194 Å². The van der Waals surface area contributed by atoms with E-state index in [-0.39, 0.29) is 11.9 Å². The van der Waals surface area contributed by atoms with Gasteiger partial charge in [-0.1, -0.05) is 18.2 Å². The molecule has 1 aliphatic carbocycles. The summed E-state index contributed by atoms with van der Waals surface area (Å²) in [6.45, 7) is 4.66. The zero-order valence-corrected chi connectivity index (χ0v) is 19.3. The SMILES string of the molecule is COCCC(=O)N1CCN(c2nc(C3CC3)c(-c3ccnc4ccccc34)cc2N)C[C@H]1C. The third kappa shape index (κ3) is 4.25. The summed E-state index contributed by atoms with van der Waals surface area (Å²) in [5.41, 5.74) is 11.6. The molecular weight excluding hydrogens is 414 g/mol. The van der Waals surface area contributed by atoms with E-state index in [0.29, 0.717) is 31.2 Å². The van der Waals surface area contributed by atoms with Crippen molar-refractivity contribution in [2.45, 2.75) is 38.1 Å². The van der Waals surface area contributed by atoms with Crippen LogP contribution in [-0.2, 0) is 9.53 Å². The number of piperazine rings is 1. The number of anilines is 2. The molecule has 3 heterocycles. The van der Waals surface area contributed by atoms with Crippen molar-refractivity contribution >= 4 is 28.3 Å². The molecule has 33 heavy (non-hydrogen) atoms. The maximum atomic E-state index is 12.5. The first-order chi connectivity index (χ1) is 16.1. The molecule has 1 aliphatic heterocycles. The molecule has 7 heteroatoms. The van der Waals surface area contributed by atoms with E-state index >= 15 is 0 Å². The molecule has 1 saturated heterocycles. The van der Waals surface area contributed by atoms with Gasteiger partial charge < -0.3 is 20.3 Å². The average Bonchev–Trinajstić information content (AvgIpc) is 3.67. The fraction of sp³-hybridized carbons (Fsp3) is 0.423. The van der Waals surface area contributed by atoms with Crippen LogP contribution in [0.1, 0.15) is 37.8 Å². The van der Waals surface area contributed by atoms with Gasteiger partial charge in [0.1, 0.15) is 0 Å². The van der Waals surface area contributed by atoms with Crippen LogP contribution in [0.25, 0.3) is 22.0 Å². The largest absolute Gasteiger partial charge is 0.396 e. The Morgan fingerprint density at radius 3 is 2.76 bits per heavy atom. The van der Waals surface area contributed by atoms with E-state index < -0.39 is 0 Å². The third-order valence-corrected chi connectivity index (χ3v) is 6.73. The van der Waals surface area contributed by atoms with E-state index in [2.05, 4.69) is 35.0 Å². The quantitative estimate of drug-likeness (QED) is 0.621. The fourth-order valence-corrected chi connectivity index (χ4v) is 4.85. The Morgan fingerprint density at radius 2 is 2.00 bits per heavy atom. The van der Waals surface area contributed by atoms with E-state index in [1.807, 2.05) is 29.3 Å². The van der Waals surface area contributed by atoms with Crippen molar-refractivity contribution in [3.63, 3.8) is 0 Å². The number of rotatable bonds is 6. The summed E-state index contributed by atoms with van der Waals surface area (Å²) >= 11 is 0. The van der Waals surface area contributed by atoms with Gasteiger partial charge in [0.25, 0.3) is 0 Å². The Morgan fingerprint density at radius 1 is 1.18 bits per heavy atom. The number of methoxy groups -OCH3 is 1. The monoisotopic (exact) mass is 445 g/mol. The van der Waals surface area contributed by atoms with E-state index in [4.69, 9.17) is 15.5 Å². The highest BCUT2D eigenvalue weighted by Gasteiger charge is 2.33. The first kappa shape index (κ1) is 21.6. The molecule has 1 aromatic carbocycles. The number of benzene rings is 1. The number of hydrogen-bond donors (Lipinski definition) is 1. The summed E-state index contributed by atoms with van der Waals surface area (Å²) < 4.78 is 5.07. The van der Waals surface area contributed by atoms with Crippen molar-refractivity contribution in [3.8, 4) is 11.1 Å². The molecule has 172 valence electrons. The van der Waals surface area contributed by atoms with Gasteiger partial charge >= 0.3 is 0 Å². The van der Waals surface area contributed by atoms with E-state index in [1.165, 1.54) is 0 Å². The number of carbonyl (C=O) groups is 1. The molecule has 1 amide bonds. The number of pyridine rings is 2. The number of amides is 1. The number of ether oxygens (including phenoxy) is 1. The normalized spacial score (nSPS) is 18.7. The van der Waals surface area contributed by atoms with Gasteiger partial charge in [0, 0.05) is 55.9 Å². The highest BCUT2D eigenvalue weighted by atomic mass is 16.5. The molecule has 2 aromatic heterocycles. The highest BCUT2D eigenvalue weighted by Crippen LogP contribution is 2.46. The van der Waals surface area contributed by atoms with E-state index in [1.54, 1.807) is 7.11 Å². The molecular formula is C26H31N5O2. The Kier molecular flexibility index (Phi) is 5.89.